The van der Waals surface area contributed by atoms with Gasteiger partial charge in [0.05, 0.1) is 6.42 Å². The zero-order chi connectivity index (χ0) is 24.7. The van der Waals surface area contributed by atoms with Crippen LogP contribution in [0.3, 0.4) is 0 Å². The molecular formula is C23H32N4O6. The van der Waals surface area contributed by atoms with E-state index < -0.39 is 48.2 Å². The second-order valence-electron chi connectivity index (χ2n) is 8.72. The number of carboxylic acids is 1. The van der Waals surface area contributed by atoms with Gasteiger partial charge in [0, 0.05) is 20.0 Å². The highest BCUT2D eigenvalue weighted by atomic mass is 16.4. The van der Waals surface area contributed by atoms with Crippen LogP contribution in [0.4, 0.5) is 0 Å². The lowest BCUT2D eigenvalue weighted by atomic mass is 10.0. The van der Waals surface area contributed by atoms with E-state index in [0.717, 1.165) is 10.5 Å². The highest BCUT2D eigenvalue weighted by Crippen LogP contribution is 2.15. The Balaban J connectivity index is 2.42. The first-order chi connectivity index (χ1) is 15.5. The topological polar surface area (TPSA) is 145 Å². The Kier molecular flexibility index (Phi) is 8.95. The average Bonchev–Trinajstić information content (AvgIpc) is 2.72. The summed E-state index contributed by atoms with van der Waals surface area (Å²) in [6, 6.07) is 3.87. The minimum Gasteiger partial charge on any atom is -0.480 e. The minimum absolute atomic E-state index is 0.0205. The van der Waals surface area contributed by atoms with Crippen molar-refractivity contribution in [3.63, 3.8) is 0 Å². The van der Waals surface area contributed by atoms with Gasteiger partial charge < -0.3 is 26.0 Å². The molecule has 10 heteroatoms. The standard InChI is InChI=1S/C23H32N4O6/c1-13(2)8-18-22(31)24-11-16-6-5-7-17(9-16)12-27(15(4)28)19(23(32)33)10-20(29)25-14(3)21(30)26-18/h5-7,9,13-14,18-19H,8,10-12H2,1-4H3,(H,24,31)(H,25,29)(H,26,30)(H,32,33)/t14-,18-,19-/m0/s1. The van der Waals surface area contributed by atoms with Crippen LogP contribution >= 0.6 is 0 Å². The van der Waals surface area contributed by atoms with Gasteiger partial charge in [0.2, 0.25) is 23.6 Å². The zero-order valence-electron chi connectivity index (χ0n) is 19.4. The van der Waals surface area contributed by atoms with Crippen molar-refractivity contribution in [2.75, 3.05) is 0 Å². The molecule has 3 atom stereocenters. The third-order valence-corrected chi connectivity index (χ3v) is 5.37. The molecule has 4 N–H and O–H groups in total. The number of benzene rings is 1. The van der Waals surface area contributed by atoms with Crippen LogP contribution < -0.4 is 16.0 Å². The molecule has 2 rings (SSSR count). The first-order valence-electron chi connectivity index (χ1n) is 10.9. The maximum absolute atomic E-state index is 12.8. The minimum atomic E-state index is -1.40. The van der Waals surface area contributed by atoms with Crippen LogP contribution in [-0.2, 0) is 37.1 Å². The smallest absolute Gasteiger partial charge is 0.326 e. The van der Waals surface area contributed by atoms with E-state index in [1.54, 1.807) is 24.3 Å². The molecule has 1 aromatic carbocycles. The number of carbonyl (C=O) groups is 5. The summed E-state index contributed by atoms with van der Waals surface area (Å²) < 4.78 is 0. The zero-order valence-corrected chi connectivity index (χ0v) is 19.4. The monoisotopic (exact) mass is 460 g/mol. The van der Waals surface area contributed by atoms with E-state index in [1.165, 1.54) is 13.8 Å². The van der Waals surface area contributed by atoms with Gasteiger partial charge in [-0.15, -0.1) is 0 Å². The van der Waals surface area contributed by atoms with E-state index in [1.807, 2.05) is 13.8 Å². The number of fused-ring (bicyclic) bond motifs is 2. The molecule has 0 aliphatic carbocycles. The number of rotatable bonds is 3. The number of carbonyl (C=O) groups excluding carboxylic acids is 4. The number of carboxylic acid groups (broad SMARTS) is 1. The van der Waals surface area contributed by atoms with E-state index in [0.29, 0.717) is 12.0 Å². The predicted molar refractivity (Wildman–Crippen MR) is 120 cm³/mol. The Morgan fingerprint density at radius 1 is 1.12 bits per heavy atom. The molecule has 180 valence electrons. The first kappa shape index (κ1) is 25.8. The summed E-state index contributed by atoms with van der Waals surface area (Å²) in [6.45, 7) is 6.73. The van der Waals surface area contributed by atoms with Crippen LogP contribution in [0, 0.1) is 5.92 Å². The molecule has 0 aromatic heterocycles. The van der Waals surface area contributed by atoms with E-state index in [2.05, 4.69) is 16.0 Å². The molecule has 1 heterocycles. The number of aliphatic carboxylic acids is 1. The predicted octanol–water partition coefficient (Wildman–Crippen LogP) is 0.544. The normalized spacial score (nSPS) is 22.9. The maximum Gasteiger partial charge on any atom is 0.326 e. The summed E-state index contributed by atoms with van der Waals surface area (Å²) in [5, 5.41) is 17.7. The fourth-order valence-corrected chi connectivity index (χ4v) is 3.66. The van der Waals surface area contributed by atoms with Gasteiger partial charge >= 0.3 is 5.97 Å². The third-order valence-electron chi connectivity index (χ3n) is 5.37. The maximum atomic E-state index is 12.8. The fraction of sp³-hybridized carbons (Fsp3) is 0.522. The van der Waals surface area contributed by atoms with Gasteiger partial charge in [-0.2, -0.15) is 0 Å². The number of amides is 4. The molecule has 0 unspecified atom stereocenters. The number of nitrogens with zero attached hydrogens (tertiary/aromatic N) is 1. The van der Waals surface area contributed by atoms with Crippen molar-refractivity contribution in [2.24, 2.45) is 5.92 Å². The van der Waals surface area contributed by atoms with Crippen molar-refractivity contribution in [3.8, 4) is 0 Å². The van der Waals surface area contributed by atoms with Crippen molar-refractivity contribution in [1.82, 2.24) is 20.9 Å². The SMILES string of the molecule is CC(=O)N1Cc2cccc(c2)CNC(=O)[C@H](CC(C)C)NC(=O)[C@H](C)NC(=O)C[C@H]1C(=O)O. The summed E-state index contributed by atoms with van der Waals surface area (Å²) >= 11 is 0. The van der Waals surface area contributed by atoms with Crippen LogP contribution in [0.2, 0.25) is 0 Å². The Morgan fingerprint density at radius 3 is 2.39 bits per heavy atom. The molecule has 0 saturated heterocycles. The van der Waals surface area contributed by atoms with Crippen LogP contribution in [-0.4, -0.2) is 57.7 Å². The molecule has 1 aliphatic heterocycles. The lowest BCUT2D eigenvalue weighted by Crippen LogP contribution is -2.54. The van der Waals surface area contributed by atoms with Gasteiger partial charge in [0.15, 0.2) is 0 Å². The average molecular weight is 461 g/mol. The Morgan fingerprint density at radius 2 is 1.79 bits per heavy atom. The summed E-state index contributed by atoms with van der Waals surface area (Å²) in [7, 11) is 0. The lowest BCUT2D eigenvalue weighted by molar-refractivity contribution is -0.152. The second-order valence-corrected chi connectivity index (χ2v) is 8.72. The third kappa shape index (κ3) is 7.58. The quantitative estimate of drug-likeness (QED) is 0.518. The molecule has 0 fully saturated rings. The number of hydrogen-bond donors (Lipinski definition) is 4. The lowest BCUT2D eigenvalue weighted by Gasteiger charge is -2.29. The molecule has 0 saturated carbocycles. The van der Waals surface area contributed by atoms with Crippen molar-refractivity contribution in [1.29, 1.82) is 0 Å². The van der Waals surface area contributed by atoms with E-state index >= 15 is 0 Å². The molecule has 1 aliphatic rings. The van der Waals surface area contributed by atoms with Crippen molar-refractivity contribution >= 4 is 29.6 Å². The summed E-state index contributed by atoms with van der Waals surface area (Å²) in [4.78, 5) is 63.2. The van der Waals surface area contributed by atoms with E-state index in [4.69, 9.17) is 0 Å². The van der Waals surface area contributed by atoms with Crippen LogP contribution in [0.1, 0.15) is 51.7 Å². The number of hydrogen-bond acceptors (Lipinski definition) is 5. The van der Waals surface area contributed by atoms with Gasteiger partial charge in [-0.3, -0.25) is 19.2 Å². The fourth-order valence-electron chi connectivity index (χ4n) is 3.66. The largest absolute Gasteiger partial charge is 0.480 e. The number of nitrogens with one attached hydrogen (secondary N) is 3. The Bertz CT molecular complexity index is 916. The van der Waals surface area contributed by atoms with Gasteiger partial charge in [-0.05, 0) is 30.4 Å². The van der Waals surface area contributed by atoms with Crippen molar-refractivity contribution < 1.29 is 29.1 Å². The van der Waals surface area contributed by atoms with Gasteiger partial charge in [0.1, 0.15) is 18.1 Å². The Hall–Kier alpha value is -3.43. The van der Waals surface area contributed by atoms with Crippen molar-refractivity contribution in [2.45, 2.75) is 71.8 Å². The molecule has 33 heavy (non-hydrogen) atoms. The summed E-state index contributed by atoms with van der Waals surface area (Å²) in [5.41, 5.74) is 1.42. The van der Waals surface area contributed by atoms with Crippen LogP contribution in [0.15, 0.2) is 24.3 Å². The second kappa shape index (κ2) is 11.4. The molecule has 4 amide bonds. The molecule has 0 radical (unpaired) electrons. The molecule has 2 bridgehead atoms. The van der Waals surface area contributed by atoms with Crippen LogP contribution in [0.25, 0.3) is 0 Å². The first-order valence-corrected chi connectivity index (χ1v) is 10.9. The molecule has 0 spiro atoms. The van der Waals surface area contributed by atoms with Gasteiger partial charge in [0.25, 0.3) is 0 Å². The Labute approximate surface area is 193 Å². The summed E-state index contributed by atoms with van der Waals surface area (Å²) in [5.74, 6) is -3.29. The highest BCUT2D eigenvalue weighted by molar-refractivity contribution is 5.93. The van der Waals surface area contributed by atoms with E-state index in [9.17, 15) is 29.1 Å². The molecular weight excluding hydrogens is 428 g/mol. The molecule has 10 nitrogen and oxygen atoms in total. The molecule has 1 aromatic rings. The van der Waals surface area contributed by atoms with Crippen molar-refractivity contribution in [3.05, 3.63) is 35.4 Å². The van der Waals surface area contributed by atoms with E-state index in [-0.39, 0.29) is 24.9 Å². The highest BCUT2D eigenvalue weighted by Gasteiger charge is 2.32. The summed E-state index contributed by atoms with van der Waals surface area (Å²) in [6.07, 6.45) is -0.102. The van der Waals surface area contributed by atoms with Crippen LogP contribution in [0.5, 0.6) is 0 Å². The van der Waals surface area contributed by atoms with Gasteiger partial charge in [-0.25, -0.2) is 4.79 Å². The van der Waals surface area contributed by atoms with Gasteiger partial charge in [-0.1, -0.05) is 38.1 Å².